The summed E-state index contributed by atoms with van der Waals surface area (Å²) < 4.78 is 0. The third-order valence-electron chi connectivity index (χ3n) is 1.77. The van der Waals surface area contributed by atoms with Crippen LogP contribution in [0.4, 0.5) is 5.82 Å². The molecule has 0 fully saturated rings. The SMILES string of the molecule is CCCON=C(C(=O)O)c1nc(Cl)cc(NC=O)n1. The summed E-state index contributed by atoms with van der Waals surface area (Å²) in [5, 5.41) is 14.7. The van der Waals surface area contributed by atoms with Crippen LogP contribution in [0.5, 0.6) is 0 Å². The Morgan fingerprint density at radius 1 is 1.63 bits per heavy atom. The highest BCUT2D eigenvalue weighted by atomic mass is 35.5. The number of hydrogen-bond acceptors (Lipinski definition) is 6. The first kappa shape index (κ1) is 14.8. The van der Waals surface area contributed by atoms with Gasteiger partial charge in [0.25, 0.3) is 0 Å². The van der Waals surface area contributed by atoms with Crippen molar-refractivity contribution in [1.82, 2.24) is 9.97 Å². The number of carbonyl (C=O) groups is 2. The quantitative estimate of drug-likeness (QED) is 0.253. The fourth-order valence-electron chi connectivity index (χ4n) is 1.03. The molecule has 0 radical (unpaired) electrons. The maximum Gasteiger partial charge on any atom is 0.361 e. The van der Waals surface area contributed by atoms with E-state index in [9.17, 15) is 9.59 Å². The molecule has 0 bridgehead atoms. The van der Waals surface area contributed by atoms with E-state index in [0.717, 1.165) is 0 Å². The van der Waals surface area contributed by atoms with Gasteiger partial charge in [-0.05, 0) is 6.42 Å². The number of carboxylic acids is 1. The number of nitrogens with zero attached hydrogens (tertiary/aromatic N) is 3. The lowest BCUT2D eigenvalue weighted by molar-refractivity contribution is -0.129. The number of aliphatic carboxylic acids is 1. The Bertz CT molecular complexity index is 506. The van der Waals surface area contributed by atoms with Crippen LogP contribution >= 0.6 is 11.6 Å². The van der Waals surface area contributed by atoms with Gasteiger partial charge < -0.3 is 15.3 Å². The van der Waals surface area contributed by atoms with E-state index in [0.29, 0.717) is 12.8 Å². The van der Waals surface area contributed by atoms with E-state index in [-0.39, 0.29) is 23.4 Å². The molecule has 1 amide bonds. The molecule has 0 aromatic carbocycles. The second kappa shape index (κ2) is 7.27. The summed E-state index contributed by atoms with van der Waals surface area (Å²) in [5.41, 5.74) is -0.495. The van der Waals surface area contributed by atoms with Gasteiger partial charge in [-0.3, -0.25) is 4.79 Å². The molecule has 1 aromatic heterocycles. The van der Waals surface area contributed by atoms with Crippen LogP contribution in [-0.2, 0) is 14.4 Å². The smallest absolute Gasteiger partial charge is 0.361 e. The summed E-state index contributed by atoms with van der Waals surface area (Å²) in [6, 6.07) is 1.27. The topological polar surface area (TPSA) is 114 Å². The van der Waals surface area contributed by atoms with Gasteiger partial charge in [0.2, 0.25) is 12.1 Å². The molecule has 0 atom stereocenters. The highest BCUT2D eigenvalue weighted by Crippen LogP contribution is 2.12. The van der Waals surface area contributed by atoms with Gasteiger partial charge >= 0.3 is 5.97 Å². The number of hydrogen-bond donors (Lipinski definition) is 2. The van der Waals surface area contributed by atoms with Gasteiger partial charge in [-0.2, -0.15) is 0 Å². The van der Waals surface area contributed by atoms with Crippen LogP contribution in [0.25, 0.3) is 0 Å². The molecule has 0 spiro atoms. The van der Waals surface area contributed by atoms with E-state index in [1.165, 1.54) is 6.07 Å². The average molecular weight is 287 g/mol. The van der Waals surface area contributed by atoms with Gasteiger partial charge in [-0.25, -0.2) is 14.8 Å². The van der Waals surface area contributed by atoms with Gasteiger partial charge in [0, 0.05) is 6.07 Å². The zero-order valence-corrected chi connectivity index (χ0v) is 10.7. The predicted molar refractivity (Wildman–Crippen MR) is 67.1 cm³/mol. The summed E-state index contributed by atoms with van der Waals surface area (Å²) in [5.74, 6) is -1.55. The Hall–Kier alpha value is -2.22. The summed E-state index contributed by atoms with van der Waals surface area (Å²) >= 11 is 5.70. The lowest BCUT2D eigenvalue weighted by atomic mass is 10.3. The molecule has 0 aliphatic carbocycles. The summed E-state index contributed by atoms with van der Waals surface area (Å²) in [4.78, 5) is 33.7. The molecule has 8 nitrogen and oxygen atoms in total. The third kappa shape index (κ3) is 4.51. The van der Waals surface area contributed by atoms with Gasteiger partial charge in [-0.15, -0.1) is 0 Å². The summed E-state index contributed by atoms with van der Waals surface area (Å²) in [6.45, 7) is 2.11. The third-order valence-corrected chi connectivity index (χ3v) is 1.96. The minimum Gasteiger partial charge on any atom is -0.476 e. The van der Waals surface area contributed by atoms with E-state index < -0.39 is 11.7 Å². The lowest BCUT2D eigenvalue weighted by Gasteiger charge is -2.04. The molecule has 1 rings (SSSR count). The van der Waals surface area contributed by atoms with Gasteiger partial charge in [0.1, 0.15) is 17.6 Å². The minimum absolute atomic E-state index is 0.0289. The lowest BCUT2D eigenvalue weighted by Crippen LogP contribution is -2.19. The number of amides is 1. The second-order valence-electron chi connectivity index (χ2n) is 3.24. The van der Waals surface area contributed by atoms with Crippen molar-refractivity contribution < 1.29 is 19.5 Å². The first-order valence-corrected chi connectivity index (χ1v) is 5.64. The van der Waals surface area contributed by atoms with E-state index >= 15 is 0 Å². The molecular weight excluding hydrogens is 276 g/mol. The normalized spacial score (nSPS) is 10.9. The van der Waals surface area contributed by atoms with Crippen molar-refractivity contribution in [2.45, 2.75) is 13.3 Å². The fraction of sp³-hybridized carbons (Fsp3) is 0.300. The van der Waals surface area contributed by atoms with Gasteiger partial charge in [0.15, 0.2) is 5.82 Å². The number of nitrogens with one attached hydrogen (secondary N) is 1. The van der Waals surface area contributed by atoms with Crippen molar-refractivity contribution in [3.8, 4) is 0 Å². The standard InChI is InChI=1S/C10H11ClN4O4/c1-2-3-19-15-8(10(17)18)9-13-6(11)4-7(14-9)12-5-16/h4-5H,2-3H2,1H3,(H,17,18)(H,12,13,14,16). The zero-order valence-electron chi connectivity index (χ0n) is 9.96. The molecule has 19 heavy (non-hydrogen) atoms. The molecule has 9 heteroatoms. The first-order chi connectivity index (χ1) is 9.08. The Morgan fingerprint density at radius 3 is 2.95 bits per heavy atom. The fourth-order valence-corrected chi connectivity index (χ4v) is 1.22. The number of anilines is 1. The number of carbonyl (C=O) groups excluding carboxylic acids is 1. The van der Waals surface area contributed by atoms with Gasteiger partial charge in [-0.1, -0.05) is 23.7 Å². The highest BCUT2D eigenvalue weighted by molar-refractivity contribution is 6.41. The minimum atomic E-state index is -1.37. The summed E-state index contributed by atoms with van der Waals surface area (Å²) in [6.07, 6.45) is 1.05. The van der Waals surface area contributed by atoms with Crippen molar-refractivity contribution in [2.75, 3.05) is 11.9 Å². The van der Waals surface area contributed by atoms with Crippen molar-refractivity contribution in [1.29, 1.82) is 0 Å². The van der Waals surface area contributed by atoms with Crippen molar-refractivity contribution in [3.05, 3.63) is 17.0 Å². The number of halogens is 1. The van der Waals surface area contributed by atoms with E-state index in [1.807, 2.05) is 6.92 Å². The van der Waals surface area contributed by atoms with E-state index in [2.05, 4.69) is 20.4 Å². The maximum absolute atomic E-state index is 11.1. The largest absolute Gasteiger partial charge is 0.476 e. The first-order valence-electron chi connectivity index (χ1n) is 5.26. The number of rotatable bonds is 7. The van der Waals surface area contributed by atoms with Crippen LogP contribution in [0.15, 0.2) is 11.2 Å². The number of oxime groups is 1. The zero-order chi connectivity index (χ0) is 14.3. The molecule has 1 aromatic rings. The van der Waals surface area contributed by atoms with Crippen molar-refractivity contribution >= 4 is 35.5 Å². The molecule has 0 saturated carbocycles. The van der Waals surface area contributed by atoms with Crippen LogP contribution in [0.3, 0.4) is 0 Å². The second-order valence-corrected chi connectivity index (χ2v) is 3.63. The molecule has 2 N–H and O–H groups in total. The summed E-state index contributed by atoms with van der Waals surface area (Å²) in [7, 11) is 0. The van der Waals surface area contributed by atoms with E-state index in [4.69, 9.17) is 21.5 Å². The molecule has 0 saturated heterocycles. The van der Waals surface area contributed by atoms with Crippen LogP contribution < -0.4 is 5.32 Å². The molecule has 0 unspecified atom stereocenters. The number of aromatic nitrogens is 2. The predicted octanol–water partition coefficient (Wildman–Crippen LogP) is 0.914. The van der Waals surface area contributed by atoms with Crippen molar-refractivity contribution in [3.63, 3.8) is 0 Å². The van der Waals surface area contributed by atoms with Crippen LogP contribution in [0, 0.1) is 0 Å². The van der Waals surface area contributed by atoms with E-state index in [1.54, 1.807) is 0 Å². The Labute approximate surface area is 113 Å². The Kier molecular flexibility index (Phi) is 5.68. The van der Waals surface area contributed by atoms with Crippen LogP contribution in [0.2, 0.25) is 5.15 Å². The Balaban J connectivity index is 3.11. The molecular formula is C10H11ClN4O4. The van der Waals surface area contributed by atoms with Crippen LogP contribution in [-0.4, -0.2) is 39.8 Å². The Morgan fingerprint density at radius 2 is 2.37 bits per heavy atom. The monoisotopic (exact) mass is 286 g/mol. The van der Waals surface area contributed by atoms with Crippen molar-refractivity contribution in [2.24, 2.45) is 5.16 Å². The molecule has 0 aliphatic rings. The highest BCUT2D eigenvalue weighted by Gasteiger charge is 2.18. The van der Waals surface area contributed by atoms with Gasteiger partial charge in [0.05, 0.1) is 0 Å². The average Bonchev–Trinajstić information content (AvgIpc) is 2.33. The molecule has 0 aliphatic heterocycles. The molecule has 1 heterocycles. The molecule has 102 valence electrons. The maximum atomic E-state index is 11.1. The van der Waals surface area contributed by atoms with Crippen LogP contribution in [0.1, 0.15) is 19.2 Å². The number of carboxylic acid groups (broad SMARTS) is 1.